The van der Waals surface area contributed by atoms with E-state index in [1.54, 1.807) is 31.3 Å². The van der Waals surface area contributed by atoms with Gasteiger partial charge in [-0.2, -0.15) is 0 Å². The highest BCUT2D eigenvalue weighted by atomic mass is 35.5. The molecule has 4 heterocycles. The molecule has 12 nitrogen and oxygen atoms in total. The van der Waals surface area contributed by atoms with Crippen molar-refractivity contribution < 1.29 is 23.6 Å². The van der Waals surface area contributed by atoms with E-state index in [-0.39, 0.29) is 52.9 Å². The fraction of sp³-hybridized carbons (Fsp3) is 0.465. The second kappa shape index (κ2) is 14.8. The molecular formula is C43H46Cl2FN7O5. The Balaban J connectivity index is 0.918. The van der Waals surface area contributed by atoms with Crippen molar-refractivity contribution in [2.75, 3.05) is 17.2 Å². The number of aryl methyl sites for hydroxylation is 1. The maximum Gasteiger partial charge on any atom is 0.329 e. The van der Waals surface area contributed by atoms with Crippen LogP contribution in [0.5, 0.6) is 0 Å². The number of aromatic nitrogens is 2. The van der Waals surface area contributed by atoms with Gasteiger partial charge < -0.3 is 16.0 Å². The predicted octanol–water partition coefficient (Wildman–Crippen LogP) is 6.20. The third-order valence-corrected chi connectivity index (χ3v) is 14.2. The van der Waals surface area contributed by atoms with E-state index in [4.69, 9.17) is 23.2 Å². The van der Waals surface area contributed by atoms with E-state index >= 15 is 4.39 Å². The molecule has 4 aromatic rings. The molecule has 2 spiro atoms. The van der Waals surface area contributed by atoms with Crippen molar-refractivity contribution in [3.05, 3.63) is 92.1 Å². The lowest BCUT2D eigenvalue weighted by Crippen LogP contribution is -2.60. The number of nitrogens with one attached hydrogen (secondary N) is 5. The predicted molar refractivity (Wildman–Crippen MR) is 220 cm³/mol. The van der Waals surface area contributed by atoms with Gasteiger partial charge >= 0.3 is 5.69 Å². The third kappa shape index (κ3) is 6.14. The van der Waals surface area contributed by atoms with Crippen LogP contribution in [0.4, 0.5) is 15.8 Å². The average Bonchev–Trinajstić information content (AvgIpc) is 3.76. The molecule has 5 aliphatic rings. The van der Waals surface area contributed by atoms with Crippen molar-refractivity contribution in [1.82, 2.24) is 25.1 Å². The highest BCUT2D eigenvalue weighted by Gasteiger charge is 2.72. The van der Waals surface area contributed by atoms with E-state index in [0.29, 0.717) is 47.0 Å². The minimum absolute atomic E-state index is 0.0623. The van der Waals surface area contributed by atoms with Gasteiger partial charge in [0.1, 0.15) is 17.3 Å². The molecule has 1 unspecified atom stereocenters. The topological polar surface area (TPSA) is 155 Å². The standard InChI is InChI=1S/C43H46Cl2FN7O5/c1-52-33-21-26(13-15-31(33)53(41(52)58)32-16-17-34(54)50-38(32)55)47-22-23-8-11-25(12-9-23)48-39(56)37-35(27-6-5-7-29(45)36(27)46)43(42(51-37)18-3-2-4-19-42)28-14-10-24(44)20-30(28)49-40(43)57/h5-7,10,13-15,20-21,23,25,32,35,37,47,51H,2-4,8-9,11-12,16-19,22H2,1H3,(H,48,56)(H,49,57)(H,50,54,55)/t23?,25?,32?,35-,37+,43+/m0/s1. The van der Waals surface area contributed by atoms with E-state index in [2.05, 4.69) is 26.6 Å². The number of hydrogen-bond acceptors (Lipinski definition) is 7. The molecule has 0 bridgehead atoms. The summed E-state index contributed by atoms with van der Waals surface area (Å²) in [5.41, 5.74) is 1.29. The molecule has 0 radical (unpaired) electrons. The number of nitrogens with zero attached hydrogens (tertiary/aromatic N) is 2. The van der Waals surface area contributed by atoms with E-state index in [9.17, 15) is 24.0 Å². The van der Waals surface area contributed by atoms with Gasteiger partial charge in [0.2, 0.25) is 23.6 Å². The van der Waals surface area contributed by atoms with Gasteiger partial charge in [-0.05, 0) is 98.4 Å². The summed E-state index contributed by atoms with van der Waals surface area (Å²) in [4.78, 5) is 66.8. The second-order valence-electron chi connectivity index (χ2n) is 16.8. The number of imidazole rings is 1. The summed E-state index contributed by atoms with van der Waals surface area (Å²) >= 11 is 12.8. The van der Waals surface area contributed by atoms with Crippen LogP contribution in [0, 0.1) is 11.7 Å². The average molecular weight is 831 g/mol. The molecule has 304 valence electrons. The molecule has 3 aromatic carbocycles. The van der Waals surface area contributed by atoms with Crippen LogP contribution in [0.25, 0.3) is 11.0 Å². The Morgan fingerprint density at radius 2 is 1.69 bits per heavy atom. The Morgan fingerprint density at radius 1 is 0.914 bits per heavy atom. The van der Waals surface area contributed by atoms with Gasteiger partial charge in [0.25, 0.3) is 0 Å². The Bertz CT molecular complexity index is 2420. The number of rotatable bonds is 7. The van der Waals surface area contributed by atoms with Gasteiger partial charge in [-0.1, -0.05) is 60.7 Å². The number of amides is 4. The minimum atomic E-state index is -1.28. The number of carbonyl (C=O) groups excluding carboxylic acids is 4. The monoisotopic (exact) mass is 829 g/mol. The van der Waals surface area contributed by atoms with Crippen LogP contribution < -0.4 is 32.3 Å². The van der Waals surface area contributed by atoms with Crippen molar-refractivity contribution >= 4 is 69.2 Å². The van der Waals surface area contributed by atoms with Gasteiger partial charge in [-0.3, -0.25) is 38.9 Å². The summed E-state index contributed by atoms with van der Waals surface area (Å²) in [6.45, 7) is 0.692. The number of carbonyl (C=O) groups is 4. The fourth-order valence-electron chi connectivity index (χ4n) is 11.0. The number of fused-ring (bicyclic) bond motifs is 4. The van der Waals surface area contributed by atoms with E-state index in [1.807, 2.05) is 24.3 Å². The first-order chi connectivity index (χ1) is 27.9. The number of halogens is 3. The summed E-state index contributed by atoms with van der Waals surface area (Å²) in [6, 6.07) is 14.0. The van der Waals surface area contributed by atoms with Crippen molar-refractivity contribution in [1.29, 1.82) is 0 Å². The van der Waals surface area contributed by atoms with Crippen molar-refractivity contribution in [2.45, 2.75) is 106 Å². The van der Waals surface area contributed by atoms with Gasteiger partial charge in [-0.15, -0.1) is 0 Å². The van der Waals surface area contributed by atoms with Gasteiger partial charge in [0, 0.05) is 53.9 Å². The molecule has 2 aliphatic carbocycles. The number of anilines is 2. The summed E-state index contributed by atoms with van der Waals surface area (Å²) in [7, 11) is 1.67. The molecule has 3 aliphatic heterocycles. The molecule has 2 saturated carbocycles. The minimum Gasteiger partial charge on any atom is -0.385 e. The molecule has 58 heavy (non-hydrogen) atoms. The largest absolute Gasteiger partial charge is 0.385 e. The first kappa shape index (κ1) is 38.8. The van der Waals surface area contributed by atoms with Crippen molar-refractivity contribution in [3.63, 3.8) is 0 Å². The zero-order chi connectivity index (χ0) is 40.5. The van der Waals surface area contributed by atoms with Gasteiger partial charge in [-0.25, -0.2) is 9.18 Å². The van der Waals surface area contributed by atoms with Crippen molar-refractivity contribution in [2.24, 2.45) is 13.0 Å². The molecule has 4 fully saturated rings. The lowest BCUT2D eigenvalue weighted by molar-refractivity contribution is -0.135. The lowest BCUT2D eigenvalue weighted by Gasteiger charge is -2.47. The maximum atomic E-state index is 16.3. The zero-order valence-electron chi connectivity index (χ0n) is 32.1. The smallest absolute Gasteiger partial charge is 0.329 e. The van der Waals surface area contributed by atoms with E-state index in [1.165, 1.54) is 15.2 Å². The quantitative estimate of drug-likeness (QED) is 0.139. The highest BCUT2D eigenvalue weighted by molar-refractivity contribution is 6.31. The zero-order valence-corrected chi connectivity index (χ0v) is 33.6. The molecular weight excluding hydrogens is 784 g/mol. The van der Waals surface area contributed by atoms with Gasteiger partial charge in [0.05, 0.1) is 22.1 Å². The van der Waals surface area contributed by atoms with Crippen LogP contribution in [-0.2, 0) is 31.6 Å². The fourth-order valence-corrected chi connectivity index (χ4v) is 11.3. The Labute approximate surface area is 344 Å². The van der Waals surface area contributed by atoms with E-state index in [0.717, 1.165) is 56.2 Å². The normalized spacial score (nSPS) is 27.8. The van der Waals surface area contributed by atoms with Crippen LogP contribution in [0.15, 0.2) is 59.4 Å². The van der Waals surface area contributed by atoms with E-state index < -0.39 is 40.7 Å². The lowest BCUT2D eigenvalue weighted by atomic mass is 9.55. The number of imide groups is 1. The third-order valence-electron chi connectivity index (χ3n) is 13.7. The molecule has 5 N–H and O–H groups in total. The molecule has 4 amide bonds. The molecule has 9 rings (SSSR count). The number of piperidine rings is 1. The molecule has 4 atom stereocenters. The first-order valence-corrected chi connectivity index (χ1v) is 21.1. The Morgan fingerprint density at radius 3 is 2.45 bits per heavy atom. The summed E-state index contributed by atoms with van der Waals surface area (Å²) < 4.78 is 19.3. The second-order valence-corrected chi connectivity index (χ2v) is 17.7. The van der Waals surface area contributed by atoms with Crippen LogP contribution in [0.2, 0.25) is 10.0 Å². The van der Waals surface area contributed by atoms with Crippen LogP contribution in [-0.4, -0.2) is 56.9 Å². The van der Waals surface area contributed by atoms with Crippen molar-refractivity contribution in [3.8, 4) is 0 Å². The molecule has 2 saturated heterocycles. The van der Waals surface area contributed by atoms with Crippen LogP contribution in [0.3, 0.4) is 0 Å². The number of benzene rings is 3. The summed E-state index contributed by atoms with van der Waals surface area (Å²) in [5.74, 6) is -2.50. The Hall–Kier alpha value is -4.72. The summed E-state index contributed by atoms with van der Waals surface area (Å²) in [6.07, 6.45) is 7.71. The summed E-state index contributed by atoms with van der Waals surface area (Å²) in [5, 5.41) is 16.4. The molecule has 15 heteroatoms. The number of hydrogen-bond donors (Lipinski definition) is 5. The van der Waals surface area contributed by atoms with Gasteiger partial charge in [0.15, 0.2) is 0 Å². The van der Waals surface area contributed by atoms with Crippen LogP contribution in [0.1, 0.15) is 93.7 Å². The first-order valence-electron chi connectivity index (χ1n) is 20.3. The highest BCUT2D eigenvalue weighted by Crippen LogP contribution is 2.62. The SMILES string of the molecule is Cn1c(=O)n(C2CCC(=O)NC2=O)c2ccc(NCC3CCC(NC(=O)[C@@H]4NC5(CCCCC5)[C@@]5(C(=O)Nc6cc(Cl)ccc65)[C@H]4c4cccc(Cl)c4F)CC3)cc21. The Kier molecular flexibility index (Phi) is 9.92. The van der Waals surface area contributed by atoms with Crippen LogP contribution >= 0.6 is 23.2 Å². The maximum absolute atomic E-state index is 16.3. The molecule has 1 aromatic heterocycles.